The zero-order valence-corrected chi connectivity index (χ0v) is 13.2. The minimum Gasteiger partial charge on any atom is -0.505 e. The number of rotatable bonds is 2. The average Bonchev–Trinajstić information content (AvgIpc) is 2.50. The quantitative estimate of drug-likeness (QED) is 0.626. The topological polar surface area (TPSA) is 91.6 Å². The van der Waals surface area contributed by atoms with Gasteiger partial charge in [-0.3, -0.25) is 5.32 Å². The first kappa shape index (κ1) is 15.6. The summed E-state index contributed by atoms with van der Waals surface area (Å²) < 4.78 is 5.10. The molecule has 0 fully saturated rings. The number of hydrogen-bond acceptors (Lipinski definition) is 4. The van der Waals surface area contributed by atoms with Gasteiger partial charge in [-0.15, -0.1) is 0 Å². The summed E-state index contributed by atoms with van der Waals surface area (Å²) in [5, 5.41) is 15.6. The lowest BCUT2D eigenvalue weighted by molar-refractivity contribution is 0.262. The molecular weight excluding hydrogens is 308 g/mol. The smallest absolute Gasteiger partial charge is 0.364 e. The van der Waals surface area contributed by atoms with Crippen molar-refractivity contribution in [2.45, 2.75) is 13.8 Å². The van der Waals surface area contributed by atoms with Gasteiger partial charge in [0.15, 0.2) is 11.4 Å². The molecule has 0 aliphatic carbocycles. The van der Waals surface area contributed by atoms with E-state index in [1.807, 2.05) is 19.9 Å². The molecule has 0 aliphatic rings. The second kappa shape index (κ2) is 6.08. The molecule has 0 spiro atoms. The predicted octanol–water partition coefficient (Wildman–Crippen LogP) is 3.76. The van der Waals surface area contributed by atoms with Crippen LogP contribution in [0.3, 0.4) is 0 Å². The van der Waals surface area contributed by atoms with Crippen LogP contribution in [-0.4, -0.2) is 11.1 Å². The van der Waals surface area contributed by atoms with E-state index in [9.17, 15) is 14.7 Å². The van der Waals surface area contributed by atoms with Crippen LogP contribution in [0.25, 0.3) is 11.0 Å². The largest absolute Gasteiger partial charge is 0.505 e. The maximum absolute atomic E-state index is 12.1. The van der Waals surface area contributed by atoms with Crippen LogP contribution in [-0.2, 0) is 0 Å². The fourth-order valence-electron chi connectivity index (χ4n) is 2.57. The van der Waals surface area contributed by atoms with Crippen LogP contribution in [0.2, 0.25) is 0 Å². The third-order valence-corrected chi connectivity index (χ3v) is 3.50. The molecule has 1 aromatic heterocycles. The van der Waals surface area contributed by atoms with Crippen LogP contribution >= 0.6 is 0 Å². The molecule has 0 radical (unpaired) electrons. The van der Waals surface area contributed by atoms with Crippen LogP contribution in [0, 0.1) is 13.8 Å². The Bertz CT molecular complexity index is 972. The number of fused-ring (bicyclic) bond motifs is 1. The molecule has 24 heavy (non-hydrogen) atoms. The van der Waals surface area contributed by atoms with Crippen molar-refractivity contribution in [1.29, 1.82) is 0 Å². The summed E-state index contributed by atoms with van der Waals surface area (Å²) in [7, 11) is 0. The van der Waals surface area contributed by atoms with Crippen molar-refractivity contribution in [3.05, 3.63) is 64.0 Å². The number of carbonyl (C=O) groups is 1. The molecule has 2 amide bonds. The number of nitrogens with one attached hydrogen (secondary N) is 2. The summed E-state index contributed by atoms with van der Waals surface area (Å²) >= 11 is 0. The normalized spacial score (nSPS) is 10.6. The molecular formula is C18H16N2O4. The van der Waals surface area contributed by atoms with Gasteiger partial charge >= 0.3 is 11.7 Å². The minimum absolute atomic E-state index is 0.250. The number of anilines is 2. The Morgan fingerprint density at radius 2 is 1.71 bits per heavy atom. The van der Waals surface area contributed by atoms with E-state index >= 15 is 0 Å². The van der Waals surface area contributed by atoms with Crippen molar-refractivity contribution >= 4 is 28.4 Å². The monoisotopic (exact) mass is 324 g/mol. The van der Waals surface area contributed by atoms with Gasteiger partial charge in [0.2, 0.25) is 0 Å². The van der Waals surface area contributed by atoms with Crippen LogP contribution in [0.15, 0.2) is 51.7 Å². The third-order valence-electron chi connectivity index (χ3n) is 3.50. The highest BCUT2D eigenvalue weighted by Crippen LogP contribution is 2.29. The number of amides is 2. The molecule has 0 bridgehead atoms. The summed E-state index contributed by atoms with van der Waals surface area (Å²) in [6.45, 7) is 3.83. The van der Waals surface area contributed by atoms with E-state index < -0.39 is 11.7 Å². The van der Waals surface area contributed by atoms with E-state index in [-0.39, 0.29) is 17.0 Å². The van der Waals surface area contributed by atoms with Gasteiger partial charge in [-0.25, -0.2) is 9.59 Å². The standard InChI is InChI=1S/C18H16N2O4/c1-10-7-11(2)9-12(8-10)19-18(23)20-15-16(21)13-5-3-4-6-14(13)24-17(15)22/h3-9,21H,1-2H3,(H2,19,20,23). The van der Waals surface area contributed by atoms with Crippen LogP contribution in [0.4, 0.5) is 16.2 Å². The van der Waals surface area contributed by atoms with Crippen molar-refractivity contribution in [2.24, 2.45) is 0 Å². The molecule has 3 aromatic rings. The summed E-state index contributed by atoms with van der Waals surface area (Å²) in [6.07, 6.45) is 0. The van der Waals surface area contributed by atoms with E-state index in [2.05, 4.69) is 10.6 Å². The summed E-state index contributed by atoms with van der Waals surface area (Å²) in [5.74, 6) is -0.322. The summed E-state index contributed by atoms with van der Waals surface area (Å²) in [4.78, 5) is 24.1. The molecule has 3 rings (SSSR count). The zero-order chi connectivity index (χ0) is 17.3. The van der Waals surface area contributed by atoms with Gasteiger partial charge in [-0.1, -0.05) is 18.2 Å². The Kier molecular flexibility index (Phi) is 3.95. The minimum atomic E-state index is -0.818. The first-order chi connectivity index (χ1) is 11.4. The molecule has 122 valence electrons. The molecule has 0 saturated heterocycles. The van der Waals surface area contributed by atoms with E-state index in [1.165, 1.54) is 0 Å². The van der Waals surface area contributed by atoms with Gasteiger partial charge in [0.25, 0.3) is 0 Å². The highest BCUT2D eigenvalue weighted by molar-refractivity contribution is 6.02. The first-order valence-electron chi connectivity index (χ1n) is 7.35. The maximum Gasteiger partial charge on any atom is 0.364 e. The molecule has 6 nitrogen and oxygen atoms in total. The zero-order valence-electron chi connectivity index (χ0n) is 13.2. The van der Waals surface area contributed by atoms with E-state index in [0.717, 1.165) is 11.1 Å². The SMILES string of the molecule is Cc1cc(C)cc(NC(=O)Nc2c(O)c3ccccc3oc2=O)c1. The number of para-hydroxylation sites is 1. The number of urea groups is 1. The molecule has 0 aliphatic heterocycles. The molecule has 0 atom stereocenters. The van der Waals surface area contributed by atoms with Crippen LogP contribution in [0.1, 0.15) is 11.1 Å². The van der Waals surface area contributed by atoms with Gasteiger partial charge in [0.1, 0.15) is 5.58 Å². The van der Waals surface area contributed by atoms with Gasteiger partial charge in [0, 0.05) is 5.69 Å². The van der Waals surface area contributed by atoms with Crippen LogP contribution < -0.4 is 16.3 Å². The number of benzene rings is 2. The van der Waals surface area contributed by atoms with E-state index in [4.69, 9.17) is 4.42 Å². The fourth-order valence-corrected chi connectivity index (χ4v) is 2.57. The van der Waals surface area contributed by atoms with Crippen molar-refractivity contribution in [3.63, 3.8) is 0 Å². The van der Waals surface area contributed by atoms with Crippen molar-refractivity contribution in [3.8, 4) is 5.75 Å². The molecule has 1 heterocycles. The van der Waals surface area contributed by atoms with E-state index in [1.54, 1.807) is 36.4 Å². The number of aryl methyl sites for hydroxylation is 2. The second-order valence-electron chi connectivity index (χ2n) is 5.56. The third kappa shape index (κ3) is 3.08. The lowest BCUT2D eigenvalue weighted by Crippen LogP contribution is -2.23. The maximum atomic E-state index is 12.1. The Hall–Kier alpha value is -3.28. The highest BCUT2D eigenvalue weighted by Gasteiger charge is 2.16. The summed E-state index contributed by atoms with van der Waals surface area (Å²) in [5.41, 5.74) is 1.73. The predicted molar refractivity (Wildman–Crippen MR) is 92.7 cm³/mol. The number of hydrogen-bond donors (Lipinski definition) is 3. The van der Waals surface area contributed by atoms with Crippen LogP contribution in [0.5, 0.6) is 5.75 Å². The Morgan fingerprint density at radius 3 is 2.42 bits per heavy atom. The van der Waals surface area contributed by atoms with Crippen molar-refractivity contribution in [1.82, 2.24) is 0 Å². The molecule has 6 heteroatoms. The molecule has 0 unspecified atom stereocenters. The summed E-state index contributed by atoms with van der Waals surface area (Å²) in [6, 6.07) is 11.5. The lowest BCUT2D eigenvalue weighted by Gasteiger charge is -2.10. The number of carbonyl (C=O) groups excluding carboxylic acids is 1. The Morgan fingerprint density at radius 1 is 1.04 bits per heavy atom. The highest BCUT2D eigenvalue weighted by atomic mass is 16.4. The van der Waals surface area contributed by atoms with E-state index in [0.29, 0.717) is 11.1 Å². The fraction of sp³-hybridized carbons (Fsp3) is 0.111. The lowest BCUT2D eigenvalue weighted by atomic mass is 10.1. The molecule has 3 N–H and O–H groups in total. The average molecular weight is 324 g/mol. The van der Waals surface area contributed by atoms with Gasteiger partial charge in [-0.2, -0.15) is 0 Å². The number of aromatic hydroxyl groups is 1. The van der Waals surface area contributed by atoms with Crippen molar-refractivity contribution in [2.75, 3.05) is 10.6 Å². The van der Waals surface area contributed by atoms with Gasteiger partial charge < -0.3 is 14.8 Å². The van der Waals surface area contributed by atoms with Crippen molar-refractivity contribution < 1.29 is 14.3 Å². The first-order valence-corrected chi connectivity index (χ1v) is 7.35. The Balaban J connectivity index is 1.89. The molecule has 2 aromatic carbocycles. The Labute approximate surface area is 137 Å². The second-order valence-corrected chi connectivity index (χ2v) is 5.56. The molecule has 0 saturated carbocycles. The van der Waals surface area contributed by atoms with Gasteiger partial charge in [-0.05, 0) is 49.2 Å². The van der Waals surface area contributed by atoms with Gasteiger partial charge in [0.05, 0.1) is 5.39 Å².